The van der Waals surface area contributed by atoms with Gasteiger partial charge < -0.3 is 33.5 Å². The van der Waals surface area contributed by atoms with Crippen LogP contribution in [0.5, 0.6) is 0 Å². The first-order valence-corrected chi connectivity index (χ1v) is 14.5. The second-order valence-electron chi connectivity index (χ2n) is 12.6. The Morgan fingerprint density at radius 1 is 0.886 bits per heavy atom. The average molecular weight is 617 g/mol. The molecule has 8 atom stereocenters. The standard InChI is InChI=1S/C32H40O12/c1-18(33)39-17-26(37)43-28-23(40-19(2)34)16-30(6,38)32-27(41-20(3)35)22(29(4,5)44-32)15-24(31(28,32)7)42-25(36)14-13-21-11-9-8-10-12-21/h8-14,22-24,27-28,38H,15-17H2,1-7H3/b14-13+/t22-,23+,24+,27-,28+,30+,31-,32+/m1/s1. The molecular weight excluding hydrogens is 576 g/mol. The number of rotatable bonds is 8. The van der Waals surface area contributed by atoms with Crippen LogP contribution in [0.3, 0.4) is 0 Å². The minimum Gasteiger partial charge on any atom is -0.459 e. The van der Waals surface area contributed by atoms with Gasteiger partial charge in [-0.3, -0.25) is 14.4 Å². The van der Waals surface area contributed by atoms with E-state index in [2.05, 4.69) is 0 Å². The molecule has 1 saturated heterocycles. The number of esters is 5. The summed E-state index contributed by atoms with van der Waals surface area (Å²) in [7, 11) is 0. The van der Waals surface area contributed by atoms with Crippen LogP contribution in [0, 0.1) is 11.3 Å². The summed E-state index contributed by atoms with van der Waals surface area (Å²) >= 11 is 0. The van der Waals surface area contributed by atoms with Crippen LogP contribution >= 0.6 is 0 Å². The van der Waals surface area contributed by atoms with Gasteiger partial charge in [-0.2, -0.15) is 0 Å². The predicted octanol–water partition coefficient (Wildman–Crippen LogP) is 2.68. The van der Waals surface area contributed by atoms with Crippen LogP contribution in [0.15, 0.2) is 36.4 Å². The van der Waals surface area contributed by atoms with Crippen molar-refractivity contribution in [3.8, 4) is 0 Å². The van der Waals surface area contributed by atoms with E-state index < -0.39 is 89.0 Å². The zero-order valence-corrected chi connectivity index (χ0v) is 26.0. The zero-order valence-electron chi connectivity index (χ0n) is 26.0. The van der Waals surface area contributed by atoms with Gasteiger partial charge in [-0.1, -0.05) is 30.3 Å². The van der Waals surface area contributed by atoms with Gasteiger partial charge in [0.2, 0.25) is 0 Å². The molecule has 0 amide bonds. The number of aliphatic hydroxyl groups is 1. The molecule has 12 nitrogen and oxygen atoms in total. The van der Waals surface area contributed by atoms with E-state index in [1.807, 2.05) is 30.3 Å². The van der Waals surface area contributed by atoms with E-state index in [1.54, 1.807) is 26.8 Å². The second-order valence-corrected chi connectivity index (χ2v) is 12.6. The normalized spacial score (nSPS) is 35.2. The molecule has 240 valence electrons. The maximum atomic E-state index is 13.3. The van der Waals surface area contributed by atoms with E-state index in [4.69, 9.17) is 28.4 Å². The first kappa shape index (κ1) is 33.1. The summed E-state index contributed by atoms with van der Waals surface area (Å²) < 4.78 is 35.1. The van der Waals surface area contributed by atoms with Gasteiger partial charge in [0, 0.05) is 39.2 Å². The first-order valence-electron chi connectivity index (χ1n) is 14.5. The van der Waals surface area contributed by atoms with Gasteiger partial charge >= 0.3 is 29.8 Å². The molecule has 44 heavy (non-hydrogen) atoms. The molecule has 0 aromatic heterocycles. The van der Waals surface area contributed by atoms with Crippen LogP contribution in [-0.4, -0.2) is 82.8 Å². The lowest BCUT2D eigenvalue weighted by molar-refractivity contribution is -0.345. The van der Waals surface area contributed by atoms with Crippen LogP contribution in [0.4, 0.5) is 0 Å². The molecule has 3 fully saturated rings. The van der Waals surface area contributed by atoms with E-state index >= 15 is 0 Å². The Morgan fingerprint density at radius 2 is 1.52 bits per heavy atom. The SMILES string of the molecule is CC(=O)OCC(=O)O[C@H]1[C@@H](OC(C)=O)C[C@](C)(O)[C@]23OC(C)(C)[C@H](C[C@H](OC(=O)/C=C/c4ccccc4)[C@]12C)[C@H]3OC(C)=O. The second kappa shape index (κ2) is 12.0. The van der Waals surface area contributed by atoms with Crippen LogP contribution in [0.2, 0.25) is 0 Å². The summed E-state index contributed by atoms with van der Waals surface area (Å²) in [5.74, 6) is -4.34. The summed E-state index contributed by atoms with van der Waals surface area (Å²) in [5, 5.41) is 12.3. The maximum absolute atomic E-state index is 13.3. The fourth-order valence-electron chi connectivity index (χ4n) is 7.44. The smallest absolute Gasteiger partial charge is 0.344 e. The predicted molar refractivity (Wildman–Crippen MR) is 152 cm³/mol. The van der Waals surface area contributed by atoms with E-state index in [0.717, 1.165) is 12.5 Å². The van der Waals surface area contributed by atoms with Crippen molar-refractivity contribution in [1.29, 1.82) is 0 Å². The summed E-state index contributed by atoms with van der Waals surface area (Å²) in [6.07, 6.45) is -2.21. The number of fused-ring (bicyclic) bond motifs is 1. The minimum absolute atomic E-state index is 0.0784. The lowest BCUT2D eigenvalue weighted by atomic mass is 9.47. The molecule has 4 rings (SSSR count). The van der Waals surface area contributed by atoms with Gasteiger partial charge in [-0.15, -0.1) is 0 Å². The number of carbonyl (C=O) groups excluding carboxylic acids is 5. The average Bonchev–Trinajstić information content (AvgIpc) is 3.09. The van der Waals surface area contributed by atoms with E-state index in [-0.39, 0.29) is 12.8 Å². The Hall–Kier alpha value is -3.77. The zero-order chi connectivity index (χ0) is 32.7. The highest BCUT2D eigenvalue weighted by Gasteiger charge is 2.84. The van der Waals surface area contributed by atoms with Crippen molar-refractivity contribution in [3.05, 3.63) is 42.0 Å². The molecule has 1 spiro atoms. The van der Waals surface area contributed by atoms with Gasteiger partial charge in [0.05, 0.1) is 16.6 Å². The summed E-state index contributed by atoms with van der Waals surface area (Å²) in [4.78, 5) is 62.6. The van der Waals surface area contributed by atoms with Crippen molar-refractivity contribution in [1.82, 2.24) is 0 Å². The van der Waals surface area contributed by atoms with Crippen LogP contribution in [0.25, 0.3) is 6.08 Å². The maximum Gasteiger partial charge on any atom is 0.344 e. The fourth-order valence-corrected chi connectivity index (χ4v) is 7.44. The molecule has 0 unspecified atom stereocenters. The Bertz CT molecular complexity index is 1330. The minimum atomic E-state index is -1.88. The number of ether oxygens (including phenoxy) is 6. The molecule has 0 radical (unpaired) electrons. The van der Waals surface area contributed by atoms with Crippen molar-refractivity contribution < 1.29 is 57.5 Å². The van der Waals surface area contributed by atoms with Gasteiger partial charge in [0.25, 0.3) is 0 Å². The van der Waals surface area contributed by atoms with E-state index in [1.165, 1.54) is 26.8 Å². The summed E-state index contributed by atoms with van der Waals surface area (Å²) in [6.45, 7) is 9.39. The van der Waals surface area contributed by atoms with Gasteiger partial charge in [0.1, 0.15) is 23.9 Å². The number of carbonyl (C=O) groups is 5. The van der Waals surface area contributed by atoms with Gasteiger partial charge in [-0.25, -0.2) is 9.59 Å². The largest absolute Gasteiger partial charge is 0.459 e. The molecule has 1 N–H and O–H groups in total. The van der Waals surface area contributed by atoms with Crippen molar-refractivity contribution in [3.63, 3.8) is 0 Å². The quantitative estimate of drug-likeness (QED) is 0.259. The molecule has 1 aliphatic heterocycles. The Morgan fingerprint density at radius 3 is 2.11 bits per heavy atom. The Balaban J connectivity index is 1.87. The monoisotopic (exact) mass is 616 g/mol. The first-order chi connectivity index (χ1) is 20.4. The fraction of sp³-hybridized carbons (Fsp3) is 0.594. The molecule has 1 aromatic carbocycles. The molecular formula is C32H40O12. The van der Waals surface area contributed by atoms with Gasteiger partial charge in [-0.05, 0) is 45.8 Å². The van der Waals surface area contributed by atoms with Crippen molar-refractivity contribution in [2.24, 2.45) is 11.3 Å². The van der Waals surface area contributed by atoms with Crippen molar-refractivity contribution in [2.45, 2.75) is 103 Å². The lowest BCUT2D eigenvalue weighted by Crippen LogP contribution is -2.81. The van der Waals surface area contributed by atoms with Crippen LogP contribution in [-0.2, 0) is 52.4 Å². The van der Waals surface area contributed by atoms with E-state index in [9.17, 15) is 29.1 Å². The third-order valence-electron chi connectivity index (χ3n) is 9.08. The number of hydrogen-bond donors (Lipinski definition) is 1. The summed E-state index contributed by atoms with van der Waals surface area (Å²) in [5.41, 5.74) is -5.65. The highest BCUT2D eigenvalue weighted by Crippen LogP contribution is 2.68. The van der Waals surface area contributed by atoms with Crippen LogP contribution in [0.1, 0.15) is 66.9 Å². The Labute approximate surface area is 255 Å². The Kier molecular flexibility index (Phi) is 9.01. The summed E-state index contributed by atoms with van der Waals surface area (Å²) in [6, 6.07) is 9.09. The lowest BCUT2D eigenvalue weighted by Gasteiger charge is -2.65. The molecule has 3 aliphatic rings. The molecule has 2 aliphatic carbocycles. The van der Waals surface area contributed by atoms with Gasteiger partial charge in [0.15, 0.2) is 12.7 Å². The number of benzene rings is 1. The highest BCUT2D eigenvalue weighted by molar-refractivity contribution is 5.87. The third-order valence-corrected chi connectivity index (χ3v) is 9.08. The van der Waals surface area contributed by atoms with E-state index in [0.29, 0.717) is 0 Å². The topological polar surface area (TPSA) is 161 Å². The molecule has 12 heteroatoms. The van der Waals surface area contributed by atoms with Crippen LogP contribution < -0.4 is 0 Å². The molecule has 2 bridgehead atoms. The van der Waals surface area contributed by atoms with Crippen molar-refractivity contribution in [2.75, 3.05) is 6.61 Å². The number of hydrogen-bond acceptors (Lipinski definition) is 12. The third kappa shape index (κ3) is 5.84. The molecule has 1 aromatic rings. The highest BCUT2D eigenvalue weighted by atomic mass is 16.6. The molecule has 1 heterocycles. The van der Waals surface area contributed by atoms with Crippen molar-refractivity contribution >= 4 is 35.9 Å². The molecule has 2 saturated carbocycles.